The summed E-state index contributed by atoms with van der Waals surface area (Å²) in [5, 5.41) is 0. The van der Waals surface area contributed by atoms with Gasteiger partial charge in [0.05, 0.1) is 0 Å². The van der Waals surface area contributed by atoms with E-state index < -0.39 is 0 Å². The van der Waals surface area contributed by atoms with Gasteiger partial charge in [0.1, 0.15) is 0 Å². The van der Waals surface area contributed by atoms with Gasteiger partial charge in [0.2, 0.25) is 5.91 Å². The van der Waals surface area contributed by atoms with Crippen molar-refractivity contribution in [2.45, 2.75) is 40.2 Å². The molecule has 0 aromatic rings. The first kappa shape index (κ1) is 13.4. The van der Waals surface area contributed by atoms with Crippen LogP contribution in [0.5, 0.6) is 0 Å². The van der Waals surface area contributed by atoms with E-state index >= 15 is 0 Å². The highest BCUT2D eigenvalue weighted by atomic mass is 16.2. The number of rotatable bonds is 6. The molecule has 0 rings (SSSR count). The summed E-state index contributed by atoms with van der Waals surface area (Å²) in [6.07, 6.45) is 1.10. The van der Waals surface area contributed by atoms with Gasteiger partial charge in [-0.1, -0.05) is 20.8 Å². The van der Waals surface area contributed by atoms with Crippen LogP contribution >= 0.6 is 0 Å². The molecule has 0 aliphatic heterocycles. The Morgan fingerprint density at radius 1 is 1.43 bits per heavy atom. The lowest BCUT2D eigenvalue weighted by Gasteiger charge is -2.28. The van der Waals surface area contributed by atoms with E-state index in [-0.39, 0.29) is 11.8 Å². The zero-order valence-electron chi connectivity index (χ0n) is 9.71. The molecule has 0 spiro atoms. The summed E-state index contributed by atoms with van der Waals surface area (Å²) in [4.78, 5) is 13.5. The molecule has 14 heavy (non-hydrogen) atoms. The second-order valence-electron chi connectivity index (χ2n) is 3.75. The maximum atomic E-state index is 11.2. The first-order valence-electron chi connectivity index (χ1n) is 5.31. The van der Waals surface area contributed by atoms with Crippen molar-refractivity contribution >= 4 is 5.91 Å². The van der Waals surface area contributed by atoms with Gasteiger partial charge in [0.15, 0.2) is 0 Å². The minimum atomic E-state index is -0.0910. The van der Waals surface area contributed by atoms with E-state index in [2.05, 4.69) is 31.1 Å². The molecule has 2 atom stereocenters. The van der Waals surface area contributed by atoms with Gasteiger partial charge in [-0.05, 0) is 19.9 Å². The van der Waals surface area contributed by atoms with E-state index in [9.17, 15) is 4.79 Å². The van der Waals surface area contributed by atoms with Gasteiger partial charge < -0.3 is 4.90 Å². The number of hydrogen-bond donors (Lipinski definition) is 2. The van der Waals surface area contributed by atoms with Gasteiger partial charge in [-0.2, -0.15) is 0 Å². The summed E-state index contributed by atoms with van der Waals surface area (Å²) in [5.74, 6) is 4.94. The molecule has 4 nitrogen and oxygen atoms in total. The lowest BCUT2D eigenvalue weighted by molar-refractivity contribution is -0.125. The zero-order valence-corrected chi connectivity index (χ0v) is 9.71. The molecule has 4 heteroatoms. The molecule has 0 radical (unpaired) electrons. The first-order chi connectivity index (χ1) is 6.56. The summed E-state index contributed by atoms with van der Waals surface area (Å²) < 4.78 is 0. The number of amides is 1. The van der Waals surface area contributed by atoms with E-state index in [0.29, 0.717) is 6.04 Å². The largest absolute Gasteiger partial charge is 0.300 e. The van der Waals surface area contributed by atoms with Crippen LogP contribution in [0, 0.1) is 5.92 Å². The van der Waals surface area contributed by atoms with Crippen molar-refractivity contribution in [2.24, 2.45) is 11.8 Å². The van der Waals surface area contributed by atoms with Crippen LogP contribution in [0.1, 0.15) is 34.1 Å². The van der Waals surface area contributed by atoms with Gasteiger partial charge >= 0.3 is 0 Å². The van der Waals surface area contributed by atoms with E-state index in [1.807, 2.05) is 6.92 Å². The fraction of sp³-hybridized carbons (Fsp3) is 0.900. The molecule has 0 aliphatic rings. The van der Waals surface area contributed by atoms with E-state index in [1.165, 1.54) is 0 Å². The molecule has 0 aliphatic carbocycles. The molecule has 0 saturated carbocycles. The maximum Gasteiger partial charge on any atom is 0.237 e. The molecule has 0 aromatic carbocycles. The van der Waals surface area contributed by atoms with Gasteiger partial charge in [-0.15, -0.1) is 0 Å². The summed E-state index contributed by atoms with van der Waals surface area (Å²) in [6.45, 7) is 10.1. The SMILES string of the molecule is CCC(C)N(CC)CC(C)C(=O)NN. The topological polar surface area (TPSA) is 58.4 Å². The molecule has 2 unspecified atom stereocenters. The number of carbonyl (C=O) groups excluding carboxylic acids is 1. The van der Waals surface area contributed by atoms with Gasteiger partial charge in [0, 0.05) is 18.5 Å². The van der Waals surface area contributed by atoms with E-state index in [1.54, 1.807) is 0 Å². The van der Waals surface area contributed by atoms with Crippen LogP contribution in [0.2, 0.25) is 0 Å². The van der Waals surface area contributed by atoms with Gasteiger partial charge in [-0.3, -0.25) is 10.2 Å². The number of nitrogens with two attached hydrogens (primary N) is 1. The molecule has 0 aromatic heterocycles. The van der Waals surface area contributed by atoms with Crippen LogP contribution in [0.3, 0.4) is 0 Å². The summed E-state index contributed by atoms with van der Waals surface area (Å²) in [5.41, 5.74) is 2.19. The second kappa shape index (κ2) is 6.79. The second-order valence-corrected chi connectivity index (χ2v) is 3.75. The zero-order chi connectivity index (χ0) is 11.1. The summed E-state index contributed by atoms with van der Waals surface area (Å²) >= 11 is 0. The molecule has 3 N–H and O–H groups in total. The third kappa shape index (κ3) is 4.07. The predicted molar refractivity (Wildman–Crippen MR) is 58.5 cm³/mol. The van der Waals surface area contributed by atoms with Crippen LogP contribution in [0.4, 0.5) is 0 Å². The Balaban J connectivity index is 4.10. The lowest BCUT2D eigenvalue weighted by atomic mass is 10.1. The van der Waals surface area contributed by atoms with Crippen LogP contribution in [-0.2, 0) is 4.79 Å². The number of hydrazine groups is 1. The van der Waals surface area contributed by atoms with Crippen LogP contribution in [-0.4, -0.2) is 29.9 Å². The Kier molecular flexibility index (Phi) is 6.49. The van der Waals surface area contributed by atoms with Crippen molar-refractivity contribution in [3.63, 3.8) is 0 Å². The molecular formula is C10H23N3O. The van der Waals surface area contributed by atoms with Crippen molar-refractivity contribution in [2.75, 3.05) is 13.1 Å². The van der Waals surface area contributed by atoms with Gasteiger partial charge in [-0.25, -0.2) is 5.84 Å². The Labute approximate surface area is 86.8 Å². The standard InChI is InChI=1S/C10H23N3O/c1-5-9(4)13(6-2)7-8(3)10(14)12-11/h8-9H,5-7,11H2,1-4H3,(H,12,14). The predicted octanol–water partition coefficient (Wildman–Crippen LogP) is 0.733. The summed E-state index contributed by atoms with van der Waals surface area (Å²) in [7, 11) is 0. The number of carbonyl (C=O) groups is 1. The molecule has 0 bridgehead atoms. The molecule has 0 saturated heterocycles. The van der Waals surface area contributed by atoms with Crippen LogP contribution in [0.15, 0.2) is 0 Å². The highest BCUT2D eigenvalue weighted by Crippen LogP contribution is 2.07. The maximum absolute atomic E-state index is 11.2. The average molecular weight is 201 g/mol. The Bertz CT molecular complexity index is 173. The molecule has 1 amide bonds. The molecule has 84 valence electrons. The average Bonchev–Trinajstić information content (AvgIpc) is 2.22. The minimum absolute atomic E-state index is 0.0473. The van der Waals surface area contributed by atoms with Crippen LogP contribution < -0.4 is 11.3 Å². The first-order valence-corrected chi connectivity index (χ1v) is 5.31. The van der Waals surface area contributed by atoms with Crippen molar-refractivity contribution < 1.29 is 4.79 Å². The Morgan fingerprint density at radius 2 is 2.00 bits per heavy atom. The van der Waals surface area contributed by atoms with Crippen molar-refractivity contribution in [1.82, 2.24) is 10.3 Å². The number of hydrogen-bond acceptors (Lipinski definition) is 3. The fourth-order valence-corrected chi connectivity index (χ4v) is 1.46. The summed E-state index contributed by atoms with van der Waals surface area (Å²) in [6, 6.07) is 0.521. The van der Waals surface area contributed by atoms with Crippen molar-refractivity contribution in [3.8, 4) is 0 Å². The molecule has 0 fully saturated rings. The van der Waals surface area contributed by atoms with Crippen molar-refractivity contribution in [1.29, 1.82) is 0 Å². The quantitative estimate of drug-likeness (QED) is 0.378. The fourth-order valence-electron chi connectivity index (χ4n) is 1.46. The highest BCUT2D eigenvalue weighted by molar-refractivity contribution is 5.77. The van der Waals surface area contributed by atoms with E-state index in [0.717, 1.165) is 19.5 Å². The van der Waals surface area contributed by atoms with Crippen LogP contribution in [0.25, 0.3) is 0 Å². The highest BCUT2D eigenvalue weighted by Gasteiger charge is 2.17. The molecular weight excluding hydrogens is 178 g/mol. The lowest BCUT2D eigenvalue weighted by Crippen LogP contribution is -2.43. The monoisotopic (exact) mass is 201 g/mol. The normalized spacial score (nSPS) is 15.3. The molecule has 0 heterocycles. The third-order valence-electron chi connectivity index (χ3n) is 2.72. The Morgan fingerprint density at radius 3 is 2.36 bits per heavy atom. The van der Waals surface area contributed by atoms with Gasteiger partial charge in [0.25, 0.3) is 0 Å². The Hall–Kier alpha value is -0.610. The van der Waals surface area contributed by atoms with E-state index in [4.69, 9.17) is 5.84 Å². The number of nitrogens with zero attached hydrogens (tertiary/aromatic N) is 1. The minimum Gasteiger partial charge on any atom is -0.300 e. The van der Waals surface area contributed by atoms with Crippen molar-refractivity contribution in [3.05, 3.63) is 0 Å². The number of nitrogens with one attached hydrogen (secondary N) is 1. The smallest absolute Gasteiger partial charge is 0.237 e. The third-order valence-corrected chi connectivity index (χ3v) is 2.72.